The second-order valence-electron chi connectivity index (χ2n) is 11.0. The first-order valence-electron chi connectivity index (χ1n) is 13.7. The maximum atomic E-state index is 13.3. The number of fused-ring (bicyclic) bond motifs is 1. The number of pyridine rings is 1. The van der Waals surface area contributed by atoms with E-state index in [1.165, 1.54) is 0 Å². The van der Waals surface area contributed by atoms with Gasteiger partial charge in [-0.2, -0.15) is 0 Å². The van der Waals surface area contributed by atoms with Gasteiger partial charge in [0.1, 0.15) is 0 Å². The smallest absolute Gasteiger partial charge is 0.326 e. The lowest BCUT2D eigenvalue weighted by atomic mass is 10.0. The minimum atomic E-state index is -0.226. The third kappa shape index (κ3) is 6.27. The molecule has 2 aliphatic heterocycles. The number of halogens is 2. The minimum absolute atomic E-state index is 0.0992. The lowest BCUT2D eigenvalue weighted by Gasteiger charge is -2.26. The molecule has 2 fully saturated rings. The predicted molar refractivity (Wildman–Crippen MR) is 162 cm³/mol. The Morgan fingerprint density at radius 3 is 2.40 bits per heavy atom. The molecule has 0 spiro atoms. The third-order valence-electron chi connectivity index (χ3n) is 8.06. The van der Waals surface area contributed by atoms with Crippen molar-refractivity contribution in [2.75, 3.05) is 49.5 Å². The van der Waals surface area contributed by atoms with E-state index in [1.54, 1.807) is 23.2 Å². The fourth-order valence-electron chi connectivity index (χ4n) is 5.92. The molecule has 9 heteroatoms. The number of anilines is 2. The van der Waals surface area contributed by atoms with Gasteiger partial charge >= 0.3 is 6.03 Å². The summed E-state index contributed by atoms with van der Waals surface area (Å²) < 4.78 is 0. The molecule has 5 rings (SSSR count). The Morgan fingerprint density at radius 2 is 1.73 bits per heavy atom. The number of aryl methyl sites for hydroxylation is 3. The van der Waals surface area contributed by atoms with E-state index in [4.69, 9.17) is 23.2 Å². The molecule has 3 aromatic rings. The molecule has 210 valence electrons. The molecule has 0 bridgehead atoms. The van der Waals surface area contributed by atoms with Gasteiger partial charge in [0.25, 0.3) is 5.91 Å². The molecule has 2 saturated heterocycles. The largest absolute Gasteiger partial charge is 0.338 e. The summed E-state index contributed by atoms with van der Waals surface area (Å²) in [6.45, 7) is 10.7. The normalized spacial score (nSPS) is 18.6. The molecule has 2 unspecified atom stereocenters. The van der Waals surface area contributed by atoms with E-state index >= 15 is 0 Å². The summed E-state index contributed by atoms with van der Waals surface area (Å²) in [6.07, 6.45) is 2.57. The quantitative estimate of drug-likeness (QED) is 0.349. The van der Waals surface area contributed by atoms with Crippen molar-refractivity contribution in [3.63, 3.8) is 0 Å². The summed E-state index contributed by atoms with van der Waals surface area (Å²) in [5, 5.41) is 4.16. The number of hydrogen-bond donors (Lipinski definition) is 1. The van der Waals surface area contributed by atoms with Crippen molar-refractivity contribution in [1.29, 1.82) is 0 Å². The summed E-state index contributed by atoms with van der Waals surface area (Å²) >= 11 is 12.5. The van der Waals surface area contributed by atoms with Gasteiger partial charge in [-0.3, -0.25) is 14.7 Å². The number of amides is 3. The summed E-state index contributed by atoms with van der Waals surface area (Å²) in [6, 6.07) is 14.5. The van der Waals surface area contributed by atoms with Crippen LogP contribution in [0.2, 0.25) is 10.0 Å². The SMILES string of the molecule is Cc1ccc(N(CCCN2CC3CN(C(=O)c4c(C)ccnc4C)CC3C2)C(=O)Nc2cccc(Cl)c2)cc1Cl. The number of urea groups is 1. The van der Waals surface area contributed by atoms with Crippen LogP contribution in [0, 0.1) is 32.6 Å². The first-order chi connectivity index (χ1) is 19.2. The fraction of sp³-hybridized carbons (Fsp3) is 0.387. The van der Waals surface area contributed by atoms with E-state index in [0.717, 1.165) is 67.2 Å². The highest BCUT2D eigenvalue weighted by molar-refractivity contribution is 6.31. The Morgan fingerprint density at radius 1 is 0.975 bits per heavy atom. The lowest BCUT2D eigenvalue weighted by Crippen LogP contribution is -2.38. The van der Waals surface area contributed by atoms with Gasteiger partial charge in [-0.25, -0.2) is 4.79 Å². The number of rotatable bonds is 7. The Hall–Kier alpha value is -3.13. The zero-order chi connectivity index (χ0) is 28.4. The summed E-state index contributed by atoms with van der Waals surface area (Å²) in [4.78, 5) is 37.1. The Labute approximate surface area is 246 Å². The van der Waals surface area contributed by atoms with Crippen LogP contribution in [-0.2, 0) is 0 Å². The van der Waals surface area contributed by atoms with Crippen molar-refractivity contribution >= 4 is 46.5 Å². The summed E-state index contributed by atoms with van der Waals surface area (Å²) in [7, 11) is 0. The van der Waals surface area contributed by atoms with Crippen LogP contribution in [0.3, 0.4) is 0 Å². The van der Waals surface area contributed by atoms with Crippen molar-refractivity contribution in [2.45, 2.75) is 27.2 Å². The standard InChI is InChI=1S/C31H35Cl2N5O2/c1-20-8-9-27(15-28(20)33)38(31(40)35-26-7-4-6-25(32)14-26)13-5-12-36-16-23-18-37(19-24(23)17-36)30(39)29-21(2)10-11-34-22(29)3/h4,6-11,14-15,23-24H,5,12-13,16-19H2,1-3H3,(H,35,40). The van der Waals surface area contributed by atoms with E-state index in [2.05, 4.69) is 15.2 Å². The molecular formula is C31H35Cl2N5O2. The Kier molecular flexibility index (Phi) is 8.64. The number of nitrogens with zero attached hydrogens (tertiary/aromatic N) is 4. The topological polar surface area (TPSA) is 68.8 Å². The van der Waals surface area contributed by atoms with Crippen LogP contribution in [0.25, 0.3) is 0 Å². The van der Waals surface area contributed by atoms with Crippen LogP contribution in [0.15, 0.2) is 54.7 Å². The van der Waals surface area contributed by atoms with Gasteiger partial charge in [-0.05, 0) is 93.1 Å². The summed E-state index contributed by atoms with van der Waals surface area (Å²) in [5.41, 5.74) is 4.88. The maximum Gasteiger partial charge on any atom is 0.326 e. The fourth-order valence-corrected chi connectivity index (χ4v) is 6.29. The average molecular weight is 581 g/mol. The molecule has 0 radical (unpaired) electrons. The summed E-state index contributed by atoms with van der Waals surface area (Å²) in [5.74, 6) is 1.04. The molecule has 1 N–H and O–H groups in total. The van der Waals surface area contributed by atoms with E-state index in [1.807, 2.05) is 62.1 Å². The van der Waals surface area contributed by atoms with Crippen molar-refractivity contribution in [1.82, 2.24) is 14.8 Å². The first-order valence-corrected chi connectivity index (χ1v) is 14.5. The monoisotopic (exact) mass is 579 g/mol. The molecule has 3 heterocycles. The molecule has 0 aliphatic carbocycles. The molecule has 0 saturated carbocycles. The van der Waals surface area contributed by atoms with E-state index in [0.29, 0.717) is 34.1 Å². The molecule has 3 amide bonds. The first kappa shape index (κ1) is 28.4. The molecule has 2 atom stereocenters. The van der Waals surface area contributed by atoms with Crippen LogP contribution < -0.4 is 10.2 Å². The van der Waals surface area contributed by atoms with Gasteiger partial charge in [-0.15, -0.1) is 0 Å². The average Bonchev–Trinajstić information content (AvgIpc) is 3.47. The van der Waals surface area contributed by atoms with Crippen LogP contribution in [-0.4, -0.2) is 66.0 Å². The highest BCUT2D eigenvalue weighted by atomic mass is 35.5. The van der Waals surface area contributed by atoms with Crippen molar-refractivity contribution in [3.05, 3.63) is 87.2 Å². The molecule has 2 aliphatic rings. The number of hydrogen-bond acceptors (Lipinski definition) is 4. The van der Waals surface area contributed by atoms with Crippen molar-refractivity contribution < 1.29 is 9.59 Å². The van der Waals surface area contributed by atoms with Crippen molar-refractivity contribution in [2.24, 2.45) is 11.8 Å². The highest BCUT2D eigenvalue weighted by Gasteiger charge is 2.42. The number of benzene rings is 2. The number of aromatic nitrogens is 1. The number of likely N-dealkylation sites (tertiary alicyclic amines) is 2. The molecule has 1 aromatic heterocycles. The van der Waals surface area contributed by atoms with Crippen molar-refractivity contribution in [3.8, 4) is 0 Å². The van der Waals surface area contributed by atoms with Gasteiger partial charge < -0.3 is 15.1 Å². The highest BCUT2D eigenvalue weighted by Crippen LogP contribution is 2.33. The predicted octanol–water partition coefficient (Wildman–Crippen LogP) is 6.45. The Bertz CT molecular complexity index is 1380. The van der Waals surface area contributed by atoms with Crippen LogP contribution >= 0.6 is 23.2 Å². The van der Waals surface area contributed by atoms with Gasteiger partial charge in [0, 0.05) is 60.3 Å². The number of nitrogens with one attached hydrogen (secondary N) is 1. The van der Waals surface area contributed by atoms with Crippen LogP contribution in [0.5, 0.6) is 0 Å². The van der Waals surface area contributed by atoms with Gasteiger partial charge in [-0.1, -0.05) is 35.3 Å². The second kappa shape index (κ2) is 12.2. The van der Waals surface area contributed by atoms with E-state index in [-0.39, 0.29) is 11.9 Å². The maximum absolute atomic E-state index is 13.3. The zero-order valence-electron chi connectivity index (χ0n) is 23.2. The second-order valence-corrected chi connectivity index (χ2v) is 11.8. The third-order valence-corrected chi connectivity index (χ3v) is 8.70. The van der Waals surface area contributed by atoms with Gasteiger partial charge in [0.15, 0.2) is 0 Å². The zero-order valence-corrected chi connectivity index (χ0v) is 24.7. The van der Waals surface area contributed by atoms with Crippen LogP contribution in [0.1, 0.15) is 33.6 Å². The van der Waals surface area contributed by atoms with E-state index < -0.39 is 0 Å². The van der Waals surface area contributed by atoms with E-state index in [9.17, 15) is 9.59 Å². The van der Waals surface area contributed by atoms with Gasteiger partial charge in [0.05, 0.1) is 11.3 Å². The Balaban J connectivity index is 1.18. The van der Waals surface area contributed by atoms with Gasteiger partial charge in [0.2, 0.25) is 0 Å². The molecule has 40 heavy (non-hydrogen) atoms. The minimum Gasteiger partial charge on any atom is -0.338 e. The number of carbonyl (C=O) groups is 2. The van der Waals surface area contributed by atoms with Crippen LogP contribution in [0.4, 0.5) is 16.2 Å². The lowest BCUT2D eigenvalue weighted by molar-refractivity contribution is 0.0772. The molecule has 2 aromatic carbocycles. The molecule has 7 nitrogen and oxygen atoms in total. The molecular weight excluding hydrogens is 545 g/mol. The number of carbonyl (C=O) groups excluding carboxylic acids is 2.